The van der Waals surface area contributed by atoms with Crippen molar-refractivity contribution in [2.24, 2.45) is 0 Å². The Bertz CT molecular complexity index is 801. The van der Waals surface area contributed by atoms with Gasteiger partial charge >= 0.3 is 6.03 Å². The molecule has 0 aliphatic heterocycles. The zero-order chi connectivity index (χ0) is 19.4. The van der Waals surface area contributed by atoms with Crippen molar-refractivity contribution in [3.8, 4) is 0 Å². The lowest BCUT2D eigenvalue weighted by atomic mass is 10.2. The van der Waals surface area contributed by atoms with E-state index in [1.54, 1.807) is 18.1 Å². The van der Waals surface area contributed by atoms with E-state index in [1.807, 2.05) is 24.6 Å². The van der Waals surface area contributed by atoms with Crippen molar-refractivity contribution in [2.45, 2.75) is 52.4 Å². The zero-order valence-electron chi connectivity index (χ0n) is 16.2. The Balaban J connectivity index is 1.64. The van der Waals surface area contributed by atoms with Crippen LogP contribution in [0.1, 0.15) is 35.4 Å². The molecular formula is C20H27FN4O2. The fourth-order valence-corrected chi connectivity index (χ4v) is 3.24. The van der Waals surface area contributed by atoms with Gasteiger partial charge in [0.05, 0.1) is 18.8 Å². The van der Waals surface area contributed by atoms with Crippen molar-refractivity contribution in [2.75, 3.05) is 13.7 Å². The largest absolute Gasteiger partial charge is 0.383 e. The molecule has 3 rings (SSSR count). The number of nitrogens with one attached hydrogen (secondary N) is 1. The fourth-order valence-electron chi connectivity index (χ4n) is 3.24. The van der Waals surface area contributed by atoms with Crippen molar-refractivity contribution < 1.29 is 13.9 Å². The molecule has 0 bridgehead atoms. The van der Waals surface area contributed by atoms with Crippen molar-refractivity contribution in [3.05, 3.63) is 52.6 Å². The zero-order valence-corrected chi connectivity index (χ0v) is 16.2. The molecule has 146 valence electrons. The molecule has 1 fully saturated rings. The summed E-state index contributed by atoms with van der Waals surface area (Å²) in [4.78, 5) is 14.6. The first kappa shape index (κ1) is 19.4. The first-order valence-corrected chi connectivity index (χ1v) is 9.30. The lowest BCUT2D eigenvalue weighted by molar-refractivity contribution is 0.182. The van der Waals surface area contributed by atoms with Crippen LogP contribution >= 0.6 is 0 Å². The molecule has 1 aliphatic carbocycles. The third-order valence-electron chi connectivity index (χ3n) is 4.95. The summed E-state index contributed by atoms with van der Waals surface area (Å²) in [5.41, 5.74) is 3.78. The third kappa shape index (κ3) is 4.86. The Morgan fingerprint density at radius 3 is 2.85 bits per heavy atom. The molecule has 1 saturated carbocycles. The minimum absolute atomic E-state index is 0.120. The van der Waals surface area contributed by atoms with Gasteiger partial charge in [-0.1, -0.05) is 12.1 Å². The summed E-state index contributed by atoms with van der Waals surface area (Å²) in [7, 11) is 1.66. The van der Waals surface area contributed by atoms with Gasteiger partial charge in [0.2, 0.25) is 0 Å². The highest BCUT2D eigenvalue weighted by Crippen LogP contribution is 2.28. The second-order valence-corrected chi connectivity index (χ2v) is 7.01. The molecule has 27 heavy (non-hydrogen) atoms. The average molecular weight is 374 g/mol. The summed E-state index contributed by atoms with van der Waals surface area (Å²) in [6, 6.07) is 6.54. The van der Waals surface area contributed by atoms with Crippen LogP contribution < -0.4 is 5.32 Å². The Morgan fingerprint density at radius 2 is 2.19 bits per heavy atom. The minimum Gasteiger partial charge on any atom is -0.383 e. The first-order valence-electron chi connectivity index (χ1n) is 9.30. The normalized spacial score (nSPS) is 13.6. The second-order valence-electron chi connectivity index (χ2n) is 7.01. The van der Waals surface area contributed by atoms with Gasteiger partial charge in [-0.15, -0.1) is 0 Å². The third-order valence-corrected chi connectivity index (χ3v) is 4.95. The Kier molecular flexibility index (Phi) is 6.11. The van der Waals surface area contributed by atoms with Gasteiger partial charge < -0.3 is 15.0 Å². The number of amides is 2. The standard InChI is InChI=1S/C20H27FN4O2/c1-14-19(15(2)25(23-14)9-10-27-3)12-22-20(26)24(18-7-8-18)13-16-5-4-6-17(21)11-16/h4-6,11,18H,7-10,12-13H2,1-3H3,(H,22,26). The van der Waals surface area contributed by atoms with Gasteiger partial charge in [0, 0.05) is 37.5 Å². The molecule has 1 aromatic carbocycles. The molecule has 2 aromatic rings. The molecule has 1 aliphatic rings. The maximum absolute atomic E-state index is 13.4. The van der Waals surface area contributed by atoms with Gasteiger partial charge in [-0.25, -0.2) is 9.18 Å². The highest BCUT2D eigenvalue weighted by atomic mass is 19.1. The molecule has 0 spiro atoms. The number of methoxy groups -OCH3 is 1. The maximum atomic E-state index is 13.4. The van der Waals surface area contributed by atoms with E-state index in [1.165, 1.54) is 12.1 Å². The molecule has 0 saturated heterocycles. The van der Waals surface area contributed by atoms with Crippen LogP contribution in [0, 0.1) is 19.7 Å². The van der Waals surface area contributed by atoms with Crippen LogP contribution in [0.15, 0.2) is 24.3 Å². The summed E-state index contributed by atoms with van der Waals surface area (Å²) in [5, 5.41) is 7.54. The van der Waals surface area contributed by atoms with Crippen LogP contribution in [0.4, 0.5) is 9.18 Å². The predicted molar refractivity (Wildman–Crippen MR) is 101 cm³/mol. The van der Waals surface area contributed by atoms with E-state index in [-0.39, 0.29) is 17.9 Å². The van der Waals surface area contributed by atoms with E-state index in [9.17, 15) is 9.18 Å². The summed E-state index contributed by atoms with van der Waals surface area (Å²) in [6.45, 7) is 6.07. The van der Waals surface area contributed by atoms with Crippen molar-refractivity contribution >= 4 is 6.03 Å². The van der Waals surface area contributed by atoms with Gasteiger partial charge in [-0.2, -0.15) is 5.10 Å². The van der Waals surface area contributed by atoms with Gasteiger partial charge in [-0.05, 0) is 44.4 Å². The van der Waals surface area contributed by atoms with Crippen LogP contribution in [0.5, 0.6) is 0 Å². The second kappa shape index (κ2) is 8.52. The van der Waals surface area contributed by atoms with E-state index >= 15 is 0 Å². The number of carbonyl (C=O) groups excluding carboxylic acids is 1. The Hall–Kier alpha value is -2.41. The number of urea groups is 1. The number of ether oxygens (including phenoxy) is 1. The lowest BCUT2D eigenvalue weighted by Gasteiger charge is -2.23. The van der Waals surface area contributed by atoms with Gasteiger partial charge in [0.25, 0.3) is 0 Å². The number of carbonyl (C=O) groups is 1. The molecule has 6 nitrogen and oxygen atoms in total. The molecule has 0 unspecified atom stereocenters. The summed E-state index contributed by atoms with van der Waals surface area (Å²) < 4.78 is 20.5. The van der Waals surface area contributed by atoms with E-state index in [0.29, 0.717) is 26.2 Å². The van der Waals surface area contributed by atoms with Crippen LogP contribution in [0.25, 0.3) is 0 Å². The van der Waals surface area contributed by atoms with Crippen LogP contribution in [0.3, 0.4) is 0 Å². The molecule has 1 N–H and O–H groups in total. The first-order chi connectivity index (χ1) is 13.0. The number of hydrogen-bond acceptors (Lipinski definition) is 3. The highest BCUT2D eigenvalue weighted by Gasteiger charge is 2.32. The summed E-state index contributed by atoms with van der Waals surface area (Å²) in [5.74, 6) is -0.279. The van der Waals surface area contributed by atoms with E-state index < -0.39 is 0 Å². The quantitative estimate of drug-likeness (QED) is 0.772. The lowest BCUT2D eigenvalue weighted by Crippen LogP contribution is -2.40. The number of rotatable bonds is 8. The smallest absolute Gasteiger partial charge is 0.318 e. The van der Waals surface area contributed by atoms with Crippen LogP contribution in [-0.2, 0) is 24.4 Å². The molecular weight excluding hydrogens is 347 g/mol. The molecule has 1 aromatic heterocycles. The number of benzene rings is 1. The van der Waals surface area contributed by atoms with Gasteiger partial charge in [0.15, 0.2) is 0 Å². The van der Waals surface area contributed by atoms with Crippen LogP contribution in [0.2, 0.25) is 0 Å². The summed E-state index contributed by atoms with van der Waals surface area (Å²) in [6.07, 6.45) is 1.99. The Labute approximate surface area is 159 Å². The Morgan fingerprint density at radius 1 is 1.41 bits per heavy atom. The number of hydrogen-bond donors (Lipinski definition) is 1. The fraction of sp³-hybridized carbons (Fsp3) is 0.500. The van der Waals surface area contributed by atoms with Crippen LogP contribution in [-0.4, -0.2) is 40.5 Å². The van der Waals surface area contributed by atoms with Gasteiger partial charge in [-0.3, -0.25) is 4.68 Å². The SMILES string of the molecule is COCCn1nc(C)c(CNC(=O)N(Cc2cccc(F)c2)C2CC2)c1C. The molecule has 0 atom stereocenters. The summed E-state index contributed by atoms with van der Waals surface area (Å²) >= 11 is 0. The molecule has 7 heteroatoms. The average Bonchev–Trinajstić information content (AvgIpc) is 3.44. The topological polar surface area (TPSA) is 59.4 Å². The van der Waals surface area contributed by atoms with E-state index in [2.05, 4.69) is 10.4 Å². The van der Waals surface area contributed by atoms with Crippen molar-refractivity contribution in [3.63, 3.8) is 0 Å². The number of nitrogens with zero attached hydrogens (tertiary/aromatic N) is 3. The minimum atomic E-state index is -0.279. The molecule has 1 heterocycles. The van der Waals surface area contributed by atoms with Crippen molar-refractivity contribution in [1.82, 2.24) is 20.0 Å². The maximum Gasteiger partial charge on any atom is 0.318 e. The van der Waals surface area contributed by atoms with E-state index in [0.717, 1.165) is 35.4 Å². The highest BCUT2D eigenvalue weighted by molar-refractivity contribution is 5.75. The van der Waals surface area contributed by atoms with Crippen molar-refractivity contribution in [1.29, 1.82) is 0 Å². The van der Waals surface area contributed by atoms with E-state index in [4.69, 9.17) is 4.74 Å². The predicted octanol–water partition coefficient (Wildman–Crippen LogP) is 3.16. The molecule has 0 radical (unpaired) electrons. The number of halogens is 1. The van der Waals surface area contributed by atoms with Gasteiger partial charge in [0.1, 0.15) is 5.82 Å². The molecule has 2 amide bonds. The number of aryl methyl sites for hydroxylation is 1. The number of aromatic nitrogens is 2. The monoisotopic (exact) mass is 374 g/mol.